The summed E-state index contributed by atoms with van der Waals surface area (Å²) in [4.78, 5) is 33.1. The molecule has 1 N–H and O–H groups in total. The van der Waals surface area contributed by atoms with Gasteiger partial charge < -0.3 is 10.2 Å². The lowest BCUT2D eigenvalue weighted by molar-refractivity contribution is -0.120. The molecule has 1 saturated heterocycles. The molecule has 6 nitrogen and oxygen atoms in total. The van der Waals surface area contributed by atoms with E-state index in [1.165, 1.54) is 11.3 Å². The van der Waals surface area contributed by atoms with E-state index in [4.69, 9.17) is 0 Å². The minimum atomic E-state index is -0.254. The maximum Gasteiger partial charge on any atom is 0.253 e. The second kappa shape index (κ2) is 8.22. The average molecular weight is 358 g/mol. The molecule has 3 rings (SSSR count). The van der Waals surface area contributed by atoms with Gasteiger partial charge in [-0.3, -0.25) is 14.5 Å². The summed E-state index contributed by atoms with van der Waals surface area (Å²) in [6.07, 6.45) is 2.53. The molecule has 0 saturated carbocycles. The summed E-state index contributed by atoms with van der Waals surface area (Å²) in [6, 6.07) is 9.09. The molecule has 1 aromatic carbocycles. The summed E-state index contributed by atoms with van der Waals surface area (Å²) >= 11 is 1.41. The topological polar surface area (TPSA) is 65.5 Å². The first-order chi connectivity index (χ1) is 12.1. The van der Waals surface area contributed by atoms with Crippen molar-refractivity contribution in [1.29, 1.82) is 0 Å². The number of aromatic nitrogens is 1. The summed E-state index contributed by atoms with van der Waals surface area (Å²) in [6.45, 7) is 4.72. The van der Waals surface area contributed by atoms with E-state index in [2.05, 4.69) is 15.2 Å². The zero-order valence-electron chi connectivity index (χ0n) is 14.2. The fraction of sp³-hybridized carbons (Fsp3) is 0.389. The SMILES string of the molecule is CC(C(=O)Nc1nccs1)N1CCCN(C(=O)c2ccccc2)CC1. The molecule has 0 spiro atoms. The van der Waals surface area contributed by atoms with Crippen LogP contribution in [0.15, 0.2) is 41.9 Å². The highest BCUT2D eigenvalue weighted by molar-refractivity contribution is 7.13. The van der Waals surface area contributed by atoms with Crippen molar-refractivity contribution in [2.75, 3.05) is 31.5 Å². The van der Waals surface area contributed by atoms with Crippen LogP contribution in [0.25, 0.3) is 0 Å². The van der Waals surface area contributed by atoms with Gasteiger partial charge in [0.25, 0.3) is 5.91 Å². The fourth-order valence-corrected chi connectivity index (χ4v) is 3.48. The van der Waals surface area contributed by atoms with Gasteiger partial charge in [0.15, 0.2) is 5.13 Å². The van der Waals surface area contributed by atoms with E-state index in [9.17, 15) is 9.59 Å². The fourth-order valence-electron chi connectivity index (χ4n) is 2.95. The number of nitrogens with zero attached hydrogens (tertiary/aromatic N) is 3. The minimum Gasteiger partial charge on any atom is -0.337 e. The molecule has 0 radical (unpaired) electrons. The first-order valence-electron chi connectivity index (χ1n) is 8.44. The predicted molar refractivity (Wildman–Crippen MR) is 98.7 cm³/mol. The van der Waals surface area contributed by atoms with Crippen LogP contribution >= 0.6 is 11.3 Å². The monoisotopic (exact) mass is 358 g/mol. The molecule has 1 atom stereocenters. The molecule has 1 fully saturated rings. The van der Waals surface area contributed by atoms with Crippen molar-refractivity contribution >= 4 is 28.3 Å². The molecule has 2 amide bonds. The minimum absolute atomic E-state index is 0.0576. The van der Waals surface area contributed by atoms with E-state index < -0.39 is 0 Å². The van der Waals surface area contributed by atoms with Gasteiger partial charge in [-0.15, -0.1) is 11.3 Å². The van der Waals surface area contributed by atoms with Crippen LogP contribution in [-0.4, -0.2) is 58.8 Å². The number of hydrogen-bond acceptors (Lipinski definition) is 5. The third-order valence-corrected chi connectivity index (χ3v) is 5.12. The summed E-state index contributed by atoms with van der Waals surface area (Å²) in [5.74, 6) is 0.000117. The largest absolute Gasteiger partial charge is 0.337 e. The van der Waals surface area contributed by atoms with Gasteiger partial charge in [-0.1, -0.05) is 18.2 Å². The van der Waals surface area contributed by atoms with E-state index in [0.717, 1.165) is 13.0 Å². The second-order valence-corrected chi connectivity index (χ2v) is 6.94. The number of anilines is 1. The Bertz CT molecular complexity index is 705. The predicted octanol–water partition coefficient (Wildman–Crippen LogP) is 2.32. The van der Waals surface area contributed by atoms with Crippen LogP contribution in [0, 0.1) is 0 Å². The van der Waals surface area contributed by atoms with Crippen LogP contribution in [0.4, 0.5) is 5.13 Å². The molecule has 0 bridgehead atoms. The molecule has 7 heteroatoms. The van der Waals surface area contributed by atoms with Crippen molar-refractivity contribution < 1.29 is 9.59 Å². The molecular weight excluding hydrogens is 336 g/mol. The highest BCUT2D eigenvalue weighted by Crippen LogP contribution is 2.14. The number of thiazole rings is 1. The lowest BCUT2D eigenvalue weighted by atomic mass is 10.2. The van der Waals surface area contributed by atoms with Gasteiger partial charge in [-0.05, 0) is 25.5 Å². The Morgan fingerprint density at radius 1 is 1.16 bits per heavy atom. The van der Waals surface area contributed by atoms with Gasteiger partial charge in [0.1, 0.15) is 0 Å². The molecule has 1 unspecified atom stereocenters. The van der Waals surface area contributed by atoms with Gasteiger partial charge >= 0.3 is 0 Å². The number of benzene rings is 1. The van der Waals surface area contributed by atoms with Crippen molar-refractivity contribution in [3.63, 3.8) is 0 Å². The van der Waals surface area contributed by atoms with Crippen LogP contribution in [0.5, 0.6) is 0 Å². The van der Waals surface area contributed by atoms with E-state index >= 15 is 0 Å². The summed E-state index contributed by atoms with van der Waals surface area (Å²) in [5, 5.41) is 5.30. The molecule has 2 heterocycles. The number of hydrogen-bond donors (Lipinski definition) is 1. The highest BCUT2D eigenvalue weighted by atomic mass is 32.1. The third-order valence-electron chi connectivity index (χ3n) is 4.43. The Morgan fingerprint density at radius 3 is 2.68 bits per heavy atom. The zero-order chi connectivity index (χ0) is 17.6. The summed E-state index contributed by atoms with van der Waals surface area (Å²) < 4.78 is 0. The van der Waals surface area contributed by atoms with E-state index in [-0.39, 0.29) is 17.9 Å². The molecular formula is C18H22N4O2S. The smallest absolute Gasteiger partial charge is 0.253 e. The van der Waals surface area contributed by atoms with Crippen molar-refractivity contribution in [3.05, 3.63) is 47.5 Å². The first kappa shape index (κ1) is 17.6. The third kappa shape index (κ3) is 4.43. The second-order valence-electron chi connectivity index (χ2n) is 6.05. The molecule has 0 aliphatic carbocycles. The van der Waals surface area contributed by atoms with Crippen molar-refractivity contribution in [2.24, 2.45) is 0 Å². The Balaban J connectivity index is 1.57. The Morgan fingerprint density at radius 2 is 1.96 bits per heavy atom. The van der Waals surface area contributed by atoms with E-state index in [1.807, 2.05) is 47.5 Å². The van der Waals surface area contributed by atoms with Crippen molar-refractivity contribution in [3.8, 4) is 0 Å². The molecule has 1 aliphatic heterocycles. The quantitative estimate of drug-likeness (QED) is 0.911. The standard InChI is InChI=1S/C18H22N4O2S/c1-14(16(23)20-18-19-8-13-25-18)21-9-5-10-22(12-11-21)17(24)15-6-3-2-4-7-15/h2-4,6-8,13-14H,5,9-12H2,1H3,(H,19,20,23). The Kier molecular flexibility index (Phi) is 5.78. The number of nitrogens with one attached hydrogen (secondary N) is 1. The van der Waals surface area contributed by atoms with Gasteiger partial charge in [-0.25, -0.2) is 4.98 Å². The lowest BCUT2D eigenvalue weighted by Gasteiger charge is -2.26. The van der Waals surface area contributed by atoms with Crippen LogP contribution in [0.2, 0.25) is 0 Å². The number of carbonyl (C=O) groups excluding carboxylic acids is 2. The molecule has 25 heavy (non-hydrogen) atoms. The number of carbonyl (C=O) groups is 2. The van der Waals surface area contributed by atoms with Gasteiger partial charge in [-0.2, -0.15) is 0 Å². The van der Waals surface area contributed by atoms with Gasteiger partial charge in [0.2, 0.25) is 5.91 Å². The van der Waals surface area contributed by atoms with Crippen LogP contribution in [0.3, 0.4) is 0 Å². The zero-order valence-corrected chi connectivity index (χ0v) is 15.0. The molecule has 1 aromatic heterocycles. The van der Waals surface area contributed by atoms with Gasteiger partial charge in [0, 0.05) is 43.3 Å². The van der Waals surface area contributed by atoms with Crippen molar-refractivity contribution in [1.82, 2.24) is 14.8 Å². The highest BCUT2D eigenvalue weighted by Gasteiger charge is 2.26. The summed E-state index contributed by atoms with van der Waals surface area (Å²) in [7, 11) is 0. The van der Waals surface area contributed by atoms with E-state index in [1.54, 1.807) is 6.20 Å². The van der Waals surface area contributed by atoms with Crippen molar-refractivity contribution in [2.45, 2.75) is 19.4 Å². The Hall–Kier alpha value is -2.25. The lowest BCUT2D eigenvalue weighted by Crippen LogP contribution is -2.44. The summed E-state index contributed by atoms with van der Waals surface area (Å²) in [5.41, 5.74) is 0.713. The number of amides is 2. The van der Waals surface area contributed by atoms with Crippen LogP contribution in [0.1, 0.15) is 23.7 Å². The molecule has 1 aliphatic rings. The molecule has 2 aromatic rings. The molecule has 132 valence electrons. The number of rotatable bonds is 4. The van der Waals surface area contributed by atoms with E-state index in [0.29, 0.717) is 30.3 Å². The average Bonchev–Trinajstić information content (AvgIpc) is 3.03. The van der Waals surface area contributed by atoms with Crippen LogP contribution < -0.4 is 5.32 Å². The van der Waals surface area contributed by atoms with Crippen LogP contribution in [-0.2, 0) is 4.79 Å². The first-order valence-corrected chi connectivity index (χ1v) is 9.32. The van der Waals surface area contributed by atoms with Gasteiger partial charge in [0.05, 0.1) is 6.04 Å². The Labute approximate surface area is 151 Å². The maximum absolute atomic E-state index is 12.6. The normalized spacial score (nSPS) is 16.9. The maximum atomic E-state index is 12.6.